The third kappa shape index (κ3) is 6.97. The molecule has 0 amide bonds. The smallest absolute Gasteiger partial charge is 0.187 e. The molecular formula is C38H66O13. The monoisotopic (exact) mass is 730 g/mol. The van der Waals surface area contributed by atoms with Gasteiger partial charge in [0.1, 0.15) is 36.6 Å². The minimum atomic E-state index is -1.52. The second-order valence-electron chi connectivity index (χ2n) is 18.0. The molecule has 20 atom stereocenters. The SMILES string of the molecule is COC1C(CO)OC(OC(CCC(C)C2CC(O)C3C2(C)CCC2C4(C)CCC(O)CC4C(O)CC23O)C(C)C)C1OC1OCC(O)C(O)C1O. The molecule has 51 heavy (non-hydrogen) atoms. The predicted octanol–water partition coefficient (Wildman–Crippen LogP) is 1.08. The van der Waals surface area contributed by atoms with Gasteiger partial charge in [-0.2, -0.15) is 0 Å². The number of fused-ring (bicyclic) bond motifs is 5. The van der Waals surface area contributed by atoms with E-state index < -0.39 is 73.1 Å². The van der Waals surface area contributed by atoms with E-state index in [-0.39, 0.29) is 72.1 Å². The minimum absolute atomic E-state index is 0.0416. The van der Waals surface area contributed by atoms with Crippen molar-refractivity contribution in [2.24, 2.45) is 46.3 Å². The second kappa shape index (κ2) is 15.2. The summed E-state index contributed by atoms with van der Waals surface area (Å²) in [6.45, 7) is 10.2. The first-order valence-electron chi connectivity index (χ1n) is 19.5. The number of hydrogen-bond acceptors (Lipinski definition) is 13. The van der Waals surface area contributed by atoms with E-state index in [1.807, 2.05) is 0 Å². The molecule has 0 aromatic rings. The van der Waals surface area contributed by atoms with E-state index in [2.05, 4.69) is 34.6 Å². The van der Waals surface area contributed by atoms with Crippen molar-refractivity contribution in [2.75, 3.05) is 20.3 Å². The molecule has 0 radical (unpaired) electrons. The van der Waals surface area contributed by atoms with E-state index in [4.69, 9.17) is 23.7 Å². The van der Waals surface area contributed by atoms with Crippen LogP contribution in [0.15, 0.2) is 0 Å². The van der Waals surface area contributed by atoms with Crippen molar-refractivity contribution >= 4 is 0 Å². The topological polar surface area (TPSA) is 208 Å². The maximum Gasteiger partial charge on any atom is 0.187 e. The normalized spacial score (nSPS) is 52.6. The highest BCUT2D eigenvalue weighted by atomic mass is 16.8. The molecule has 8 N–H and O–H groups in total. The fourth-order valence-corrected chi connectivity index (χ4v) is 12.2. The van der Waals surface area contributed by atoms with Crippen molar-refractivity contribution in [3.63, 3.8) is 0 Å². The van der Waals surface area contributed by atoms with Crippen LogP contribution in [-0.2, 0) is 23.7 Å². The lowest BCUT2D eigenvalue weighted by Gasteiger charge is -2.66. The Hall–Kier alpha value is -0.520. The number of aliphatic hydroxyl groups excluding tert-OH is 7. The van der Waals surface area contributed by atoms with Crippen LogP contribution in [0, 0.1) is 46.3 Å². The number of methoxy groups -OCH3 is 1. The van der Waals surface area contributed by atoms with Gasteiger partial charge in [-0.1, -0.05) is 34.6 Å². The molecule has 6 aliphatic rings. The number of rotatable bonds is 11. The molecule has 0 aromatic heterocycles. The van der Waals surface area contributed by atoms with Gasteiger partial charge in [0, 0.05) is 19.4 Å². The van der Waals surface area contributed by atoms with E-state index >= 15 is 0 Å². The Morgan fingerprint density at radius 1 is 0.824 bits per heavy atom. The molecule has 6 rings (SSSR count). The summed E-state index contributed by atoms with van der Waals surface area (Å²) in [7, 11) is 1.47. The molecule has 2 heterocycles. The van der Waals surface area contributed by atoms with Gasteiger partial charge in [-0.05, 0) is 91.8 Å². The molecule has 13 nitrogen and oxygen atoms in total. The Labute approximate surface area is 302 Å². The maximum absolute atomic E-state index is 12.6. The molecular weight excluding hydrogens is 664 g/mol. The van der Waals surface area contributed by atoms with Crippen LogP contribution < -0.4 is 0 Å². The summed E-state index contributed by atoms with van der Waals surface area (Å²) in [6.07, 6.45) is -5.03. The van der Waals surface area contributed by atoms with Gasteiger partial charge in [-0.3, -0.25) is 0 Å². The van der Waals surface area contributed by atoms with E-state index in [0.717, 1.165) is 25.7 Å². The van der Waals surface area contributed by atoms with Crippen LogP contribution in [0.2, 0.25) is 0 Å². The Balaban J connectivity index is 1.14. The molecule has 4 saturated carbocycles. The zero-order valence-electron chi connectivity index (χ0n) is 31.3. The first-order valence-corrected chi connectivity index (χ1v) is 19.5. The van der Waals surface area contributed by atoms with Crippen LogP contribution in [0.3, 0.4) is 0 Å². The van der Waals surface area contributed by atoms with Crippen LogP contribution in [0.25, 0.3) is 0 Å². The maximum atomic E-state index is 12.6. The number of hydrogen-bond donors (Lipinski definition) is 8. The van der Waals surface area contributed by atoms with Gasteiger partial charge in [0.25, 0.3) is 0 Å². The average Bonchev–Trinajstić information content (AvgIpc) is 3.56. The summed E-state index contributed by atoms with van der Waals surface area (Å²) in [4.78, 5) is 0. The predicted molar refractivity (Wildman–Crippen MR) is 183 cm³/mol. The van der Waals surface area contributed by atoms with Gasteiger partial charge >= 0.3 is 0 Å². The fourth-order valence-electron chi connectivity index (χ4n) is 12.2. The molecule has 0 aromatic carbocycles. The van der Waals surface area contributed by atoms with Crippen molar-refractivity contribution in [3.8, 4) is 0 Å². The van der Waals surface area contributed by atoms with Crippen molar-refractivity contribution in [2.45, 2.75) is 172 Å². The lowest BCUT2D eigenvalue weighted by Crippen LogP contribution is -2.68. The zero-order chi connectivity index (χ0) is 37.2. The minimum Gasteiger partial charge on any atom is -0.394 e. The standard InChI is InChI=1S/C38H66O13/c1-18(2)26(49-35-32(31(47-6)27(16-39)50-35)51-34-30(45)29(44)25(43)17-48-34)8-7-19(3)21-14-23(41)33-37(21,5)12-10-28-36(4)11-9-20(40)13-22(36)24(42)15-38(28,33)46/h18-35,39-46H,7-17H2,1-6H3. The first-order chi connectivity index (χ1) is 24.0. The third-order valence-corrected chi connectivity index (χ3v) is 14.8. The van der Waals surface area contributed by atoms with Crippen LogP contribution in [0.1, 0.15) is 92.4 Å². The third-order valence-electron chi connectivity index (χ3n) is 14.8. The molecule has 6 fully saturated rings. The van der Waals surface area contributed by atoms with Gasteiger partial charge < -0.3 is 64.5 Å². The van der Waals surface area contributed by atoms with Gasteiger partial charge in [-0.25, -0.2) is 0 Å². The summed E-state index contributed by atoms with van der Waals surface area (Å²) in [6, 6.07) is 0. The average molecular weight is 731 g/mol. The highest BCUT2D eigenvalue weighted by molar-refractivity contribution is 5.20. The fraction of sp³-hybridized carbons (Fsp3) is 1.00. The molecule has 20 unspecified atom stereocenters. The van der Waals surface area contributed by atoms with Crippen LogP contribution >= 0.6 is 0 Å². The van der Waals surface area contributed by atoms with Gasteiger partial charge in [0.15, 0.2) is 12.6 Å². The quantitative estimate of drug-likeness (QED) is 0.150. The summed E-state index contributed by atoms with van der Waals surface area (Å²) in [5.41, 5.74) is -1.79. The molecule has 0 bridgehead atoms. The summed E-state index contributed by atoms with van der Waals surface area (Å²) in [5.74, 6) is -0.0422. The summed E-state index contributed by atoms with van der Waals surface area (Å²) < 4.78 is 29.9. The van der Waals surface area contributed by atoms with Gasteiger partial charge in [0.05, 0.1) is 43.2 Å². The summed E-state index contributed by atoms with van der Waals surface area (Å²) >= 11 is 0. The van der Waals surface area contributed by atoms with E-state index in [9.17, 15) is 40.9 Å². The second-order valence-corrected chi connectivity index (χ2v) is 18.0. The van der Waals surface area contributed by atoms with Gasteiger partial charge in [0.2, 0.25) is 0 Å². The number of aliphatic hydroxyl groups is 8. The molecule has 296 valence electrons. The largest absolute Gasteiger partial charge is 0.394 e. The summed E-state index contributed by atoms with van der Waals surface area (Å²) in [5, 5.41) is 87.0. The van der Waals surface area contributed by atoms with Crippen molar-refractivity contribution in [1.82, 2.24) is 0 Å². The van der Waals surface area contributed by atoms with Crippen molar-refractivity contribution < 1.29 is 64.5 Å². The molecule has 4 aliphatic carbocycles. The van der Waals surface area contributed by atoms with Crippen LogP contribution in [0.5, 0.6) is 0 Å². The molecule has 0 spiro atoms. The molecule has 2 saturated heterocycles. The van der Waals surface area contributed by atoms with E-state index in [1.165, 1.54) is 7.11 Å². The first kappa shape index (κ1) is 40.2. The lowest BCUT2D eigenvalue weighted by molar-refractivity contribution is -0.308. The van der Waals surface area contributed by atoms with Crippen molar-refractivity contribution in [1.29, 1.82) is 0 Å². The van der Waals surface area contributed by atoms with E-state index in [1.54, 1.807) is 0 Å². The molecule has 13 heteroatoms. The highest BCUT2D eigenvalue weighted by Crippen LogP contribution is 2.69. The zero-order valence-corrected chi connectivity index (χ0v) is 31.3. The Morgan fingerprint density at radius 2 is 1.53 bits per heavy atom. The number of ether oxygens (including phenoxy) is 5. The van der Waals surface area contributed by atoms with E-state index in [0.29, 0.717) is 25.7 Å². The van der Waals surface area contributed by atoms with Gasteiger partial charge in [-0.15, -0.1) is 0 Å². The Morgan fingerprint density at radius 3 is 2.20 bits per heavy atom. The van der Waals surface area contributed by atoms with Crippen molar-refractivity contribution in [3.05, 3.63) is 0 Å². The lowest BCUT2D eigenvalue weighted by atomic mass is 9.42. The van der Waals surface area contributed by atoms with Crippen LogP contribution in [-0.4, -0.2) is 140 Å². The Bertz CT molecular complexity index is 1180. The highest BCUT2D eigenvalue weighted by Gasteiger charge is 2.70. The van der Waals surface area contributed by atoms with Crippen LogP contribution in [0.4, 0.5) is 0 Å². The Kier molecular flexibility index (Phi) is 12.0. The molecule has 2 aliphatic heterocycles.